The van der Waals surface area contributed by atoms with Crippen LogP contribution in [0.5, 0.6) is 0 Å². The molecular weight excluding hydrogens is 226 g/mol. The van der Waals surface area contributed by atoms with Gasteiger partial charge in [0.05, 0.1) is 5.52 Å². The Balaban J connectivity index is 2.00. The second-order valence-electron chi connectivity index (χ2n) is 5.32. The first kappa shape index (κ1) is 10.2. The van der Waals surface area contributed by atoms with Gasteiger partial charge in [-0.1, -0.05) is 24.6 Å². The summed E-state index contributed by atoms with van der Waals surface area (Å²) in [4.78, 5) is 12.1. The third-order valence-electron chi connectivity index (χ3n) is 4.24. The lowest BCUT2D eigenvalue weighted by Crippen LogP contribution is -2.34. The molecule has 3 heteroatoms. The summed E-state index contributed by atoms with van der Waals surface area (Å²) in [7, 11) is 0. The minimum Gasteiger partial charge on any atom is -0.434 e. The van der Waals surface area contributed by atoms with Crippen LogP contribution in [0.4, 0.5) is 0 Å². The van der Waals surface area contributed by atoms with E-state index in [4.69, 9.17) is 4.74 Å². The second kappa shape index (κ2) is 3.37. The van der Waals surface area contributed by atoms with Crippen LogP contribution in [-0.2, 0) is 10.5 Å². The van der Waals surface area contributed by atoms with Crippen molar-refractivity contribution in [3.05, 3.63) is 36.0 Å². The first-order valence-corrected chi connectivity index (χ1v) is 6.65. The number of hydrogen-bond acceptors (Lipinski definition) is 2. The quantitative estimate of drug-likeness (QED) is 0.662. The normalized spacial score (nSPS) is 21.2. The van der Waals surface area contributed by atoms with Gasteiger partial charge in [-0.05, 0) is 25.0 Å². The van der Waals surface area contributed by atoms with E-state index in [1.807, 2.05) is 18.2 Å². The molecule has 3 nitrogen and oxygen atoms in total. The number of esters is 1. The van der Waals surface area contributed by atoms with E-state index in [1.165, 1.54) is 6.42 Å². The number of fused-ring (bicyclic) bond motifs is 4. The molecule has 0 unspecified atom stereocenters. The van der Waals surface area contributed by atoms with Crippen molar-refractivity contribution in [2.45, 2.75) is 37.8 Å². The zero-order valence-electron chi connectivity index (χ0n) is 10.2. The second-order valence-corrected chi connectivity index (χ2v) is 5.32. The van der Waals surface area contributed by atoms with Crippen molar-refractivity contribution in [3.63, 3.8) is 0 Å². The Morgan fingerprint density at radius 2 is 1.89 bits per heavy atom. The third kappa shape index (κ3) is 1.17. The topological polar surface area (TPSA) is 31.2 Å². The highest BCUT2D eigenvalue weighted by Crippen LogP contribution is 2.44. The Morgan fingerprint density at radius 1 is 1.11 bits per heavy atom. The maximum atomic E-state index is 12.1. The first-order chi connectivity index (χ1) is 8.80. The maximum absolute atomic E-state index is 12.1. The molecule has 18 heavy (non-hydrogen) atoms. The summed E-state index contributed by atoms with van der Waals surface area (Å²) < 4.78 is 7.88. The van der Waals surface area contributed by atoms with Crippen LogP contribution in [0.15, 0.2) is 30.3 Å². The summed E-state index contributed by atoms with van der Waals surface area (Å²) in [5.74, 6) is -0.159. The van der Waals surface area contributed by atoms with Crippen molar-refractivity contribution in [2.75, 3.05) is 0 Å². The Bertz CT molecular complexity index is 635. The summed E-state index contributed by atoms with van der Waals surface area (Å²) >= 11 is 0. The lowest BCUT2D eigenvalue weighted by molar-refractivity contribution is -0.0653. The molecule has 1 fully saturated rings. The lowest BCUT2D eigenvalue weighted by Gasteiger charge is -2.34. The van der Waals surface area contributed by atoms with Crippen LogP contribution in [0.3, 0.4) is 0 Å². The maximum Gasteiger partial charge on any atom is 0.357 e. The van der Waals surface area contributed by atoms with E-state index in [9.17, 15) is 4.79 Å². The van der Waals surface area contributed by atoms with Crippen LogP contribution in [0.25, 0.3) is 10.9 Å². The molecule has 0 N–H and O–H groups in total. The fraction of sp³-hybridized carbons (Fsp3) is 0.400. The van der Waals surface area contributed by atoms with Gasteiger partial charge in [0, 0.05) is 18.2 Å². The predicted molar refractivity (Wildman–Crippen MR) is 68.4 cm³/mol. The zero-order valence-corrected chi connectivity index (χ0v) is 10.2. The summed E-state index contributed by atoms with van der Waals surface area (Å²) in [5, 5.41) is 1.13. The molecule has 1 spiro atoms. The van der Waals surface area contributed by atoms with E-state index in [1.54, 1.807) is 0 Å². The van der Waals surface area contributed by atoms with Gasteiger partial charge in [0.1, 0.15) is 5.69 Å². The van der Waals surface area contributed by atoms with Crippen LogP contribution in [-0.4, -0.2) is 10.5 Å². The number of ether oxygens (including phenoxy) is 1. The third-order valence-corrected chi connectivity index (χ3v) is 4.24. The molecule has 0 atom stereocenters. The molecule has 0 amide bonds. The van der Waals surface area contributed by atoms with E-state index in [0.717, 1.165) is 42.3 Å². The fourth-order valence-corrected chi connectivity index (χ4v) is 3.44. The SMILES string of the molecule is O=C1OC2(CCCCC2)n2c1cc1ccccc12. The molecular formula is C15H15NO2. The van der Waals surface area contributed by atoms with E-state index in [-0.39, 0.29) is 5.97 Å². The van der Waals surface area contributed by atoms with Crippen molar-refractivity contribution in [1.29, 1.82) is 0 Å². The highest BCUT2D eigenvalue weighted by atomic mass is 16.6. The van der Waals surface area contributed by atoms with Crippen LogP contribution >= 0.6 is 0 Å². The largest absolute Gasteiger partial charge is 0.434 e. The molecule has 1 aromatic heterocycles. The van der Waals surface area contributed by atoms with Gasteiger partial charge in [-0.15, -0.1) is 0 Å². The molecule has 1 aromatic carbocycles. The Labute approximate surface area is 105 Å². The average molecular weight is 241 g/mol. The highest BCUT2D eigenvalue weighted by molar-refractivity contribution is 5.97. The molecule has 1 aliphatic heterocycles. The predicted octanol–water partition coefficient (Wildman–Crippen LogP) is 3.43. The Morgan fingerprint density at radius 3 is 2.72 bits per heavy atom. The number of rotatable bonds is 0. The summed E-state index contributed by atoms with van der Waals surface area (Å²) in [6.07, 6.45) is 5.42. The van der Waals surface area contributed by atoms with E-state index >= 15 is 0 Å². The fourth-order valence-electron chi connectivity index (χ4n) is 3.44. The van der Waals surface area contributed by atoms with Crippen molar-refractivity contribution in [2.24, 2.45) is 0 Å². The molecule has 1 saturated carbocycles. The Hall–Kier alpha value is -1.77. The van der Waals surface area contributed by atoms with Crippen molar-refractivity contribution >= 4 is 16.9 Å². The zero-order chi connectivity index (χ0) is 12.2. The molecule has 2 aliphatic rings. The Kier molecular flexibility index (Phi) is 1.91. The summed E-state index contributed by atoms with van der Waals surface area (Å²) in [6.45, 7) is 0. The number of benzene rings is 1. The molecule has 0 saturated heterocycles. The van der Waals surface area contributed by atoms with Crippen molar-refractivity contribution in [3.8, 4) is 0 Å². The van der Waals surface area contributed by atoms with Gasteiger partial charge < -0.3 is 4.74 Å². The number of para-hydroxylation sites is 1. The van der Waals surface area contributed by atoms with Gasteiger partial charge in [-0.25, -0.2) is 4.79 Å². The standard InChI is InChI=1S/C15H15NO2/c17-14-13-10-11-6-2-3-7-12(11)16(13)15(18-14)8-4-1-5-9-15/h2-3,6-7,10H,1,4-5,8-9H2. The van der Waals surface area contributed by atoms with Gasteiger partial charge in [-0.3, -0.25) is 4.57 Å². The van der Waals surface area contributed by atoms with E-state index in [0.29, 0.717) is 0 Å². The molecule has 0 bridgehead atoms. The average Bonchev–Trinajstić information content (AvgIpc) is 2.89. The van der Waals surface area contributed by atoms with Crippen LogP contribution in [0, 0.1) is 0 Å². The van der Waals surface area contributed by atoms with Gasteiger partial charge in [-0.2, -0.15) is 0 Å². The number of carbonyl (C=O) groups excluding carboxylic acids is 1. The van der Waals surface area contributed by atoms with E-state index in [2.05, 4.69) is 16.7 Å². The van der Waals surface area contributed by atoms with Gasteiger partial charge in [0.15, 0.2) is 5.72 Å². The van der Waals surface area contributed by atoms with E-state index < -0.39 is 5.72 Å². The number of hydrogen-bond donors (Lipinski definition) is 0. The van der Waals surface area contributed by atoms with Crippen LogP contribution in [0.2, 0.25) is 0 Å². The van der Waals surface area contributed by atoms with Gasteiger partial charge in [0.25, 0.3) is 0 Å². The molecule has 0 radical (unpaired) electrons. The van der Waals surface area contributed by atoms with Crippen LogP contribution in [0.1, 0.15) is 42.6 Å². The van der Waals surface area contributed by atoms with Crippen molar-refractivity contribution < 1.29 is 9.53 Å². The molecule has 2 aromatic rings. The minimum atomic E-state index is -0.395. The summed E-state index contributed by atoms with van der Waals surface area (Å²) in [6, 6.07) is 10.1. The van der Waals surface area contributed by atoms with Crippen molar-refractivity contribution in [1.82, 2.24) is 4.57 Å². The number of carbonyl (C=O) groups is 1. The summed E-state index contributed by atoms with van der Waals surface area (Å²) in [5.41, 5.74) is 1.45. The smallest absolute Gasteiger partial charge is 0.357 e. The molecule has 92 valence electrons. The first-order valence-electron chi connectivity index (χ1n) is 6.65. The highest BCUT2D eigenvalue weighted by Gasteiger charge is 2.46. The monoisotopic (exact) mass is 241 g/mol. The van der Waals surface area contributed by atoms with Gasteiger partial charge in [0.2, 0.25) is 0 Å². The van der Waals surface area contributed by atoms with Gasteiger partial charge >= 0.3 is 5.97 Å². The molecule has 4 rings (SSSR count). The lowest BCUT2D eigenvalue weighted by atomic mass is 9.91. The minimum absolute atomic E-state index is 0.159. The van der Waals surface area contributed by atoms with Crippen LogP contribution < -0.4 is 0 Å². The molecule has 2 heterocycles. The molecule has 1 aliphatic carbocycles. The number of aromatic nitrogens is 1. The number of nitrogens with zero attached hydrogens (tertiary/aromatic N) is 1.